The van der Waals surface area contributed by atoms with Crippen LogP contribution in [0.25, 0.3) is 11.6 Å². The molecule has 0 atom stereocenters. The Labute approximate surface area is 105 Å². The Kier molecular flexibility index (Phi) is 3.19. The van der Waals surface area contributed by atoms with Crippen LogP contribution >= 0.6 is 11.8 Å². The molecule has 0 saturated carbocycles. The maximum absolute atomic E-state index is 5.24. The summed E-state index contributed by atoms with van der Waals surface area (Å²) in [6, 6.07) is 5.77. The first-order chi connectivity index (χ1) is 8.00. The van der Waals surface area contributed by atoms with Gasteiger partial charge in [-0.3, -0.25) is 0 Å². The highest BCUT2D eigenvalue weighted by molar-refractivity contribution is 7.98. The summed E-state index contributed by atoms with van der Waals surface area (Å²) in [5.41, 5.74) is 0.610. The minimum absolute atomic E-state index is 0.112. The Morgan fingerprint density at radius 3 is 2.53 bits per heavy atom. The van der Waals surface area contributed by atoms with Gasteiger partial charge in [0.15, 0.2) is 5.82 Å². The highest BCUT2D eigenvalue weighted by Crippen LogP contribution is 2.23. The van der Waals surface area contributed by atoms with E-state index in [1.807, 2.05) is 45.2 Å². The number of aromatic nitrogens is 3. The smallest absolute Gasteiger partial charge is 0.276 e. The molecule has 0 fully saturated rings. The van der Waals surface area contributed by atoms with E-state index in [1.165, 1.54) is 0 Å². The largest absolute Gasteiger partial charge is 0.332 e. The third-order valence-electron chi connectivity index (χ3n) is 2.25. The van der Waals surface area contributed by atoms with Crippen molar-refractivity contribution < 1.29 is 4.52 Å². The van der Waals surface area contributed by atoms with E-state index in [1.54, 1.807) is 11.8 Å². The second-order valence-corrected chi connectivity index (χ2v) is 5.56. The van der Waals surface area contributed by atoms with Gasteiger partial charge in [0, 0.05) is 5.41 Å². The van der Waals surface area contributed by atoms with E-state index in [-0.39, 0.29) is 5.41 Å². The van der Waals surface area contributed by atoms with Crippen LogP contribution < -0.4 is 0 Å². The number of rotatable bonds is 2. The average Bonchev–Trinajstić information content (AvgIpc) is 2.78. The third-order valence-corrected chi connectivity index (χ3v) is 2.89. The van der Waals surface area contributed by atoms with E-state index in [0.29, 0.717) is 11.7 Å². The molecule has 0 aromatic carbocycles. The van der Waals surface area contributed by atoms with Crippen molar-refractivity contribution in [3.05, 3.63) is 24.0 Å². The maximum Gasteiger partial charge on any atom is 0.276 e. The van der Waals surface area contributed by atoms with Crippen molar-refractivity contribution in [3.63, 3.8) is 0 Å². The van der Waals surface area contributed by atoms with Crippen LogP contribution in [0.1, 0.15) is 26.6 Å². The molecule has 0 N–H and O–H groups in total. The van der Waals surface area contributed by atoms with Crippen molar-refractivity contribution in [3.8, 4) is 11.6 Å². The van der Waals surface area contributed by atoms with Gasteiger partial charge in [-0.15, -0.1) is 11.8 Å². The molecule has 2 rings (SSSR count). The number of thioether (sulfide) groups is 1. The summed E-state index contributed by atoms with van der Waals surface area (Å²) in [4.78, 5) is 8.80. The van der Waals surface area contributed by atoms with Gasteiger partial charge in [-0.2, -0.15) is 4.98 Å². The number of nitrogens with zero attached hydrogens (tertiary/aromatic N) is 3. The molecule has 0 unspecified atom stereocenters. The molecule has 2 heterocycles. The van der Waals surface area contributed by atoms with Crippen molar-refractivity contribution in [1.82, 2.24) is 15.1 Å². The summed E-state index contributed by atoms with van der Waals surface area (Å²) in [6.07, 6.45) is 1.99. The van der Waals surface area contributed by atoms with Crippen LogP contribution in [-0.4, -0.2) is 21.4 Å². The summed E-state index contributed by atoms with van der Waals surface area (Å²) in [7, 11) is 0. The lowest BCUT2D eigenvalue weighted by Crippen LogP contribution is -2.13. The lowest BCUT2D eigenvalue weighted by Gasteiger charge is -2.10. The zero-order chi connectivity index (χ0) is 12.5. The molecular weight excluding hydrogens is 234 g/mol. The molecule has 0 aliphatic rings. The first-order valence-electron chi connectivity index (χ1n) is 5.36. The summed E-state index contributed by atoms with van der Waals surface area (Å²) in [5, 5.41) is 4.93. The number of hydrogen-bond donors (Lipinski definition) is 0. The predicted molar refractivity (Wildman–Crippen MR) is 68.0 cm³/mol. The van der Waals surface area contributed by atoms with Gasteiger partial charge in [0.1, 0.15) is 5.69 Å². The fourth-order valence-corrected chi connectivity index (χ4v) is 1.68. The highest BCUT2D eigenvalue weighted by Gasteiger charge is 2.21. The fourth-order valence-electron chi connectivity index (χ4n) is 1.28. The normalized spacial score (nSPS) is 11.8. The standard InChI is InChI=1S/C12H15N3OS/c1-12(2,3)11-14-10(16-15-11)8-6-5-7-9(13-8)17-4/h5-7H,1-4H3. The minimum Gasteiger partial charge on any atom is -0.332 e. The molecule has 4 nitrogen and oxygen atoms in total. The average molecular weight is 249 g/mol. The fraction of sp³-hybridized carbons (Fsp3) is 0.417. The van der Waals surface area contributed by atoms with Gasteiger partial charge >= 0.3 is 0 Å². The maximum atomic E-state index is 5.24. The molecule has 0 saturated heterocycles. The molecule has 5 heteroatoms. The molecule has 0 spiro atoms. The van der Waals surface area contributed by atoms with Crippen LogP contribution in [0.15, 0.2) is 27.7 Å². The second-order valence-electron chi connectivity index (χ2n) is 4.74. The molecule has 17 heavy (non-hydrogen) atoms. The van der Waals surface area contributed by atoms with E-state index in [0.717, 1.165) is 10.7 Å². The molecule has 0 radical (unpaired) electrons. The summed E-state index contributed by atoms with van der Waals surface area (Å²) >= 11 is 1.59. The molecule has 90 valence electrons. The molecule has 2 aromatic heterocycles. The van der Waals surface area contributed by atoms with Crippen LogP contribution in [0, 0.1) is 0 Å². The van der Waals surface area contributed by atoms with E-state index in [4.69, 9.17) is 4.52 Å². The molecule has 0 aliphatic heterocycles. The Morgan fingerprint density at radius 1 is 1.18 bits per heavy atom. The van der Waals surface area contributed by atoms with Crippen molar-refractivity contribution in [2.75, 3.05) is 6.26 Å². The van der Waals surface area contributed by atoms with Crippen molar-refractivity contribution >= 4 is 11.8 Å². The van der Waals surface area contributed by atoms with E-state index in [2.05, 4.69) is 15.1 Å². The van der Waals surface area contributed by atoms with E-state index in [9.17, 15) is 0 Å². The quantitative estimate of drug-likeness (QED) is 0.765. The van der Waals surface area contributed by atoms with E-state index >= 15 is 0 Å². The Morgan fingerprint density at radius 2 is 1.94 bits per heavy atom. The van der Waals surface area contributed by atoms with Gasteiger partial charge in [0.2, 0.25) is 0 Å². The molecular formula is C12H15N3OS. The molecule has 2 aromatic rings. The van der Waals surface area contributed by atoms with Crippen molar-refractivity contribution in [1.29, 1.82) is 0 Å². The monoisotopic (exact) mass is 249 g/mol. The number of hydrogen-bond acceptors (Lipinski definition) is 5. The summed E-state index contributed by atoms with van der Waals surface area (Å²) in [5.74, 6) is 1.18. The lowest BCUT2D eigenvalue weighted by atomic mass is 9.96. The highest BCUT2D eigenvalue weighted by atomic mass is 32.2. The Hall–Kier alpha value is -1.36. The van der Waals surface area contributed by atoms with Gasteiger partial charge in [0.05, 0.1) is 5.03 Å². The molecule has 0 amide bonds. The van der Waals surface area contributed by atoms with Crippen molar-refractivity contribution in [2.45, 2.75) is 31.2 Å². The lowest BCUT2D eigenvalue weighted by molar-refractivity contribution is 0.401. The second kappa shape index (κ2) is 4.49. The van der Waals surface area contributed by atoms with Gasteiger partial charge in [-0.1, -0.05) is 32.0 Å². The van der Waals surface area contributed by atoms with Crippen LogP contribution in [0.4, 0.5) is 0 Å². The minimum atomic E-state index is -0.112. The SMILES string of the molecule is CSc1cccc(-c2nc(C(C)(C)C)no2)n1. The molecule has 0 bridgehead atoms. The van der Waals surface area contributed by atoms with Gasteiger partial charge in [-0.25, -0.2) is 4.98 Å². The topological polar surface area (TPSA) is 51.8 Å². The van der Waals surface area contributed by atoms with Crippen LogP contribution in [0.3, 0.4) is 0 Å². The van der Waals surface area contributed by atoms with Gasteiger partial charge in [-0.05, 0) is 18.4 Å². The van der Waals surface area contributed by atoms with Crippen LogP contribution in [0.2, 0.25) is 0 Å². The third kappa shape index (κ3) is 2.66. The van der Waals surface area contributed by atoms with E-state index < -0.39 is 0 Å². The first kappa shape index (κ1) is 12.1. The zero-order valence-electron chi connectivity index (χ0n) is 10.4. The molecule has 0 aliphatic carbocycles. The van der Waals surface area contributed by atoms with Crippen molar-refractivity contribution in [2.24, 2.45) is 0 Å². The Balaban J connectivity index is 2.37. The Bertz CT molecular complexity index is 516. The summed E-state index contributed by atoms with van der Waals surface area (Å²) < 4.78 is 5.24. The number of pyridine rings is 1. The zero-order valence-corrected chi connectivity index (χ0v) is 11.2. The van der Waals surface area contributed by atoms with Crippen LogP contribution in [-0.2, 0) is 5.41 Å². The predicted octanol–water partition coefficient (Wildman–Crippen LogP) is 3.15. The van der Waals surface area contributed by atoms with Gasteiger partial charge in [0.25, 0.3) is 5.89 Å². The first-order valence-corrected chi connectivity index (χ1v) is 6.59. The van der Waals surface area contributed by atoms with Crippen LogP contribution in [0.5, 0.6) is 0 Å². The summed E-state index contributed by atoms with van der Waals surface area (Å²) in [6.45, 7) is 6.15. The van der Waals surface area contributed by atoms with Gasteiger partial charge < -0.3 is 4.52 Å².